The third-order valence-corrected chi connectivity index (χ3v) is 4.04. The molecule has 0 bridgehead atoms. The largest absolute Gasteiger partial charge is 0.469 e. The molecule has 0 aliphatic heterocycles. The van der Waals surface area contributed by atoms with Gasteiger partial charge in [-0.15, -0.1) is 0 Å². The minimum absolute atomic E-state index is 0.101. The fourth-order valence-electron chi connectivity index (χ4n) is 3.69. The number of rotatable bonds is 7. The van der Waals surface area contributed by atoms with Crippen molar-refractivity contribution in [2.24, 2.45) is 28.6 Å². The first-order chi connectivity index (χ1) is 9.76. The number of hydrogen-bond acceptors (Lipinski definition) is 3. The zero-order valence-corrected chi connectivity index (χ0v) is 16.2. The van der Waals surface area contributed by atoms with Crippen LogP contribution in [0.3, 0.4) is 0 Å². The van der Waals surface area contributed by atoms with Crippen molar-refractivity contribution < 1.29 is 14.6 Å². The molecular weight excluding hydrogens is 276 g/mol. The zero-order chi connectivity index (χ0) is 17.7. The van der Waals surface area contributed by atoms with Crippen molar-refractivity contribution in [2.45, 2.75) is 80.8 Å². The van der Waals surface area contributed by atoms with Crippen LogP contribution >= 0.6 is 0 Å². The smallest absolute Gasteiger partial charge is 0.311 e. The molecule has 0 amide bonds. The van der Waals surface area contributed by atoms with Gasteiger partial charge in [-0.2, -0.15) is 0 Å². The summed E-state index contributed by atoms with van der Waals surface area (Å²) < 4.78 is 4.95. The Morgan fingerprint density at radius 2 is 1.45 bits per heavy atom. The second-order valence-corrected chi connectivity index (χ2v) is 9.46. The maximum atomic E-state index is 12.2. The number of aliphatic hydroxyl groups excluding tert-OH is 1. The van der Waals surface area contributed by atoms with Gasteiger partial charge in [0, 0.05) is 0 Å². The average Bonchev–Trinajstić information content (AvgIpc) is 2.22. The van der Waals surface area contributed by atoms with Crippen molar-refractivity contribution in [2.75, 3.05) is 7.11 Å². The lowest BCUT2D eigenvalue weighted by Gasteiger charge is -2.33. The summed E-state index contributed by atoms with van der Waals surface area (Å²) in [6.07, 6.45) is 1.93. The predicted octanol–water partition coefficient (Wildman–Crippen LogP) is 4.67. The highest BCUT2D eigenvalue weighted by molar-refractivity contribution is 5.73. The van der Waals surface area contributed by atoms with E-state index in [1.807, 2.05) is 6.92 Å². The first-order valence-electron chi connectivity index (χ1n) is 8.52. The normalized spacial score (nSPS) is 18.5. The molecule has 0 aromatic heterocycles. The molecule has 0 saturated carbocycles. The van der Waals surface area contributed by atoms with Crippen molar-refractivity contribution >= 4 is 5.97 Å². The monoisotopic (exact) mass is 314 g/mol. The van der Waals surface area contributed by atoms with Gasteiger partial charge in [0.05, 0.1) is 19.1 Å². The molecule has 1 N–H and O–H groups in total. The molecule has 0 aliphatic rings. The first-order valence-corrected chi connectivity index (χ1v) is 8.52. The molecule has 0 heterocycles. The summed E-state index contributed by atoms with van der Waals surface area (Å²) in [4.78, 5) is 12.2. The molecule has 0 spiro atoms. The molecule has 0 saturated heterocycles. The van der Waals surface area contributed by atoms with E-state index in [1.165, 1.54) is 7.11 Å². The van der Waals surface area contributed by atoms with Gasteiger partial charge >= 0.3 is 5.97 Å². The summed E-state index contributed by atoms with van der Waals surface area (Å²) in [7, 11) is 1.41. The molecular formula is C19H38O3. The standard InChI is InChI=1S/C19H38O3/c1-13(11-18(3,4)5)10-15(20)16(17(21)22-9)14(2)12-19(6,7)8/h13-16,20H,10-12H2,1-9H3. The topological polar surface area (TPSA) is 46.5 Å². The van der Waals surface area contributed by atoms with Crippen molar-refractivity contribution in [1.82, 2.24) is 0 Å². The minimum atomic E-state index is -0.637. The maximum Gasteiger partial charge on any atom is 0.311 e. The molecule has 0 radical (unpaired) electrons. The summed E-state index contributed by atoms with van der Waals surface area (Å²) in [5.41, 5.74) is 0.360. The summed E-state index contributed by atoms with van der Waals surface area (Å²) in [5.74, 6) is -0.243. The average molecular weight is 315 g/mol. The molecule has 132 valence electrons. The van der Waals surface area contributed by atoms with Crippen molar-refractivity contribution in [3.05, 3.63) is 0 Å². The number of carbonyl (C=O) groups excluding carboxylic acids is 1. The van der Waals surface area contributed by atoms with Gasteiger partial charge in [-0.25, -0.2) is 0 Å². The minimum Gasteiger partial charge on any atom is -0.469 e. The van der Waals surface area contributed by atoms with Crippen molar-refractivity contribution in [3.63, 3.8) is 0 Å². The van der Waals surface area contributed by atoms with Gasteiger partial charge in [-0.1, -0.05) is 55.4 Å². The molecule has 22 heavy (non-hydrogen) atoms. The molecule has 0 aromatic rings. The van der Waals surface area contributed by atoms with Gasteiger partial charge in [0.15, 0.2) is 0 Å². The highest BCUT2D eigenvalue weighted by Crippen LogP contribution is 2.34. The quantitative estimate of drug-likeness (QED) is 0.695. The molecule has 4 atom stereocenters. The van der Waals surface area contributed by atoms with Crippen LogP contribution in [0, 0.1) is 28.6 Å². The van der Waals surface area contributed by atoms with Gasteiger partial charge < -0.3 is 9.84 Å². The van der Waals surface area contributed by atoms with Crippen molar-refractivity contribution in [3.8, 4) is 0 Å². The molecule has 3 heteroatoms. The van der Waals surface area contributed by atoms with Crippen LogP contribution in [-0.2, 0) is 9.53 Å². The Morgan fingerprint density at radius 3 is 1.82 bits per heavy atom. The number of methoxy groups -OCH3 is 1. The number of esters is 1. The van der Waals surface area contributed by atoms with Crippen LogP contribution in [0.25, 0.3) is 0 Å². The number of hydrogen-bond donors (Lipinski definition) is 1. The van der Waals surface area contributed by atoms with E-state index in [1.54, 1.807) is 0 Å². The van der Waals surface area contributed by atoms with E-state index in [4.69, 9.17) is 4.74 Å². The van der Waals surface area contributed by atoms with E-state index < -0.39 is 12.0 Å². The lowest BCUT2D eigenvalue weighted by atomic mass is 9.75. The summed E-state index contributed by atoms with van der Waals surface area (Å²) in [6.45, 7) is 17.3. The second-order valence-electron chi connectivity index (χ2n) is 9.46. The number of ether oxygens (including phenoxy) is 1. The fourth-order valence-corrected chi connectivity index (χ4v) is 3.69. The van der Waals surface area contributed by atoms with Crippen LogP contribution in [0.2, 0.25) is 0 Å². The number of carbonyl (C=O) groups is 1. The summed E-state index contributed by atoms with van der Waals surface area (Å²) >= 11 is 0. The Morgan fingerprint density at radius 1 is 1.00 bits per heavy atom. The third-order valence-electron chi connectivity index (χ3n) is 4.04. The van der Waals surface area contributed by atoms with Crippen LogP contribution in [-0.4, -0.2) is 24.3 Å². The van der Waals surface area contributed by atoms with Gasteiger partial charge in [0.2, 0.25) is 0 Å². The molecule has 0 aromatic carbocycles. The van der Waals surface area contributed by atoms with Crippen molar-refractivity contribution in [1.29, 1.82) is 0 Å². The third kappa shape index (κ3) is 8.77. The Kier molecular flexibility index (Phi) is 8.11. The van der Waals surface area contributed by atoms with Gasteiger partial charge in [0.25, 0.3) is 0 Å². The fraction of sp³-hybridized carbons (Fsp3) is 0.947. The Bertz CT molecular complexity index is 336. The molecule has 4 unspecified atom stereocenters. The molecule has 3 nitrogen and oxygen atoms in total. The van der Waals surface area contributed by atoms with Crippen LogP contribution in [0.4, 0.5) is 0 Å². The molecule has 0 rings (SSSR count). The maximum absolute atomic E-state index is 12.2. The van der Waals surface area contributed by atoms with E-state index in [0.29, 0.717) is 12.3 Å². The van der Waals surface area contributed by atoms with E-state index >= 15 is 0 Å². The van der Waals surface area contributed by atoms with E-state index in [0.717, 1.165) is 12.8 Å². The summed E-state index contributed by atoms with van der Waals surface area (Å²) in [6, 6.07) is 0. The van der Waals surface area contributed by atoms with Crippen LogP contribution in [0.1, 0.15) is 74.7 Å². The first kappa shape index (κ1) is 21.4. The second kappa shape index (κ2) is 8.33. The van der Waals surface area contributed by atoms with Crippen LogP contribution in [0.5, 0.6) is 0 Å². The molecule has 0 aliphatic carbocycles. The Hall–Kier alpha value is -0.570. The van der Waals surface area contributed by atoms with Gasteiger partial charge in [-0.3, -0.25) is 4.79 Å². The highest BCUT2D eigenvalue weighted by Gasteiger charge is 2.35. The zero-order valence-electron chi connectivity index (χ0n) is 16.2. The van der Waals surface area contributed by atoms with Gasteiger partial charge in [0.1, 0.15) is 0 Å². The predicted molar refractivity (Wildman–Crippen MR) is 92.6 cm³/mol. The highest BCUT2D eigenvalue weighted by atomic mass is 16.5. The van der Waals surface area contributed by atoms with Crippen LogP contribution in [0.15, 0.2) is 0 Å². The number of aliphatic hydroxyl groups is 1. The Labute approximate surface area is 137 Å². The van der Waals surface area contributed by atoms with E-state index in [9.17, 15) is 9.90 Å². The van der Waals surface area contributed by atoms with E-state index in [-0.39, 0.29) is 22.7 Å². The van der Waals surface area contributed by atoms with Gasteiger partial charge in [-0.05, 0) is 41.9 Å². The lowest BCUT2D eigenvalue weighted by Crippen LogP contribution is -2.37. The summed E-state index contributed by atoms with van der Waals surface area (Å²) in [5, 5.41) is 10.6. The SMILES string of the molecule is COC(=O)C(C(C)CC(C)(C)C)C(O)CC(C)CC(C)(C)C. The molecule has 0 fully saturated rings. The van der Waals surface area contributed by atoms with Crippen LogP contribution < -0.4 is 0 Å². The Balaban J connectivity index is 4.92. The van der Waals surface area contributed by atoms with E-state index in [2.05, 4.69) is 48.5 Å². The lowest BCUT2D eigenvalue weighted by molar-refractivity contribution is -0.153.